The van der Waals surface area contributed by atoms with Crippen LogP contribution in [0, 0.1) is 0 Å². The Morgan fingerprint density at radius 3 is 2.35 bits per heavy atom. The third-order valence-corrected chi connectivity index (χ3v) is 5.07. The summed E-state index contributed by atoms with van der Waals surface area (Å²) >= 11 is 0. The molecule has 0 saturated heterocycles. The molecule has 0 aliphatic carbocycles. The molecule has 180 valence electrons. The number of nitrogens with one attached hydrogen (secondary N) is 2. The molecule has 8 heteroatoms. The van der Waals surface area contributed by atoms with Gasteiger partial charge >= 0.3 is 5.97 Å². The fourth-order valence-corrected chi connectivity index (χ4v) is 3.28. The summed E-state index contributed by atoms with van der Waals surface area (Å²) in [6.45, 7) is 3.36. The van der Waals surface area contributed by atoms with E-state index in [2.05, 4.69) is 15.6 Å². The van der Waals surface area contributed by atoms with Gasteiger partial charge in [0.05, 0.1) is 12.2 Å². The molecule has 34 heavy (non-hydrogen) atoms. The Hall–Kier alpha value is -3.42. The summed E-state index contributed by atoms with van der Waals surface area (Å²) in [5.41, 5.74) is 3.30. The summed E-state index contributed by atoms with van der Waals surface area (Å²) in [7, 11) is 0. The van der Waals surface area contributed by atoms with Gasteiger partial charge in [-0.3, -0.25) is 14.6 Å². The lowest BCUT2D eigenvalue weighted by Gasteiger charge is -2.14. The van der Waals surface area contributed by atoms with E-state index in [0.717, 1.165) is 23.2 Å². The number of benzene rings is 2. The van der Waals surface area contributed by atoms with Crippen LogP contribution in [0.25, 0.3) is 11.3 Å². The fraction of sp³-hybridized carbons (Fsp3) is 0.269. The Labute approximate surface area is 206 Å². The number of rotatable bonds is 12. The number of carboxylic acid groups (broad SMARTS) is 1. The predicted molar refractivity (Wildman–Crippen MR) is 135 cm³/mol. The Morgan fingerprint density at radius 1 is 1.00 bits per heavy atom. The fourth-order valence-electron chi connectivity index (χ4n) is 3.28. The second-order valence-electron chi connectivity index (χ2n) is 7.59. The second kappa shape index (κ2) is 14.0. The van der Waals surface area contributed by atoms with E-state index in [1.54, 1.807) is 18.3 Å². The zero-order valence-electron chi connectivity index (χ0n) is 19.1. The number of hydrogen-bond donors (Lipinski definition) is 3. The average molecular weight is 484 g/mol. The first-order chi connectivity index (χ1) is 16.1. The van der Waals surface area contributed by atoms with Gasteiger partial charge in [0.25, 0.3) is 5.91 Å². The van der Waals surface area contributed by atoms with Crippen molar-refractivity contribution in [3.8, 4) is 17.0 Å². The molecule has 0 aliphatic rings. The predicted octanol–water partition coefficient (Wildman–Crippen LogP) is 3.97. The van der Waals surface area contributed by atoms with Crippen molar-refractivity contribution in [1.82, 2.24) is 15.6 Å². The van der Waals surface area contributed by atoms with Crippen LogP contribution >= 0.6 is 12.4 Å². The van der Waals surface area contributed by atoms with Crippen LogP contribution < -0.4 is 15.4 Å². The van der Waals surface area contributed by atoms with Crippen molar-refractivity contribution in [2.24, 2.45) is 0 Å². The molecule has 7 nitrogen and oxygen atoms in total. The Kier molecular flexibility index (Phi) is 11.0. The van der Waals surface area contributed by atoms with Crippen LogP contribution in [0.1, 0.15) is 29.3 Å². The van der Waals surface area contributed by atoms with E-state index in [9.17, 15) is 14.7 Å². The molecule has 0 aliphatic heterocycles. The largest absolute Gasteiger partial charge is 0.492 e. The van der Waals surface area contributed by atoms with E-state index < -0.39 is 12.0 Å². The van der Waals surface area contributed by atoms with Crippen molar-refractivity contribution >= 4 is 24.3 Å². The van der Waals surface area contributed by atoms with Crippen molar-refractivity contribution in [3.63, 3.8) is 0 Å². The lowest BCUT2D eigenvalue weighted by atomic mass is 10.1. The molecule has 0 spiro atoms. The minimum absolute atomic E-state index is 0. The summed E-state index contributed by atoms with van der Waals surface area (Å²) in [6.07, 6.45) is 3.02. The highest BCUT2D eigenvalue weighted by atomic mass is 35.5. The number of pyridine rings is 1. The van der Waals surface area contributed by atoms with Crippen LogP contribution in [0.4, 0.5) is 0 Å². The van der Waals surface area contributed by atoms with Crippen molar-refractivity contribution in [2.45, 2.75) is 25.8 Å². The summed E-state index contributed by atoms with van der Waals surface area (Å²) in [5.74, 6) is -0.354. The highest BCUT2D eigenvalue weighted by Crippen LogP contribution is 2.17. The number of carbonyl (C=O) groups excluding carboxylic acids is 1. The van der Waals surface area contributed by atoms with Crippen LogP contribution in [0.15, 0.2) is 72.9 Å². The molecule has 0 bridgehead atoms. The zero-order valence-corrected chi connectivity index (χ0v) is 19.9. The molecule has 1 atom stereocenters. The minimum Gasteiger partial charge on any atom is -0.492 e. The van der Waals surface area contributed by atoms with E-state index in [1.165, 1.54) is 0 Å². The van der Waals surface area contributed by atoms with E-state index in [0.29, 0.717) is 37.4 Å². The lowest BCUT2D eigenvalue weighted by Crippen LogP contribution is -2.38. The van der Waals surface area contributed by atoms with Crippen LogP contribution in [0.3, 0.4) is 0 Å². The van der Waals surface area contributed by atoms with Crippen LogP contribution in [-0.2, 0) is 11.2 Å². The molecule has 0 radical (unpaired) electrons. The molecule has 3 rings (SSSR count). The molecule has 3 aromatic rings. The summed E-state index contributed by atoms with van der Waals surface area (Å²) in [6, 6.07) is 19.8. The Balaban J connectivity index is 0.00000408. The molecule has 2 aromatic carbocycles. The van der Waals surface area contributed by atoms with E-state index in [1.807, 2.05) is 61.5 Å². The number of aliphatic carboxylic acids is 1. The first-order valence-electron chi connectivity index (χ1n) is 11.0. The number of ether oxygens (including phenoxy) is 1. The van der Waals surface area contributed by atoms with Crippen LogP contribution in [0.2, 0.25) is 0 Å². The lowest BCUT2D eigenvalue weighted by molar-refractivity contribution is -0.139. The Morgan fingerprint density at radius 2 is 1.74 bits per heavy atom. The van der Waals surface area contributed by atoms with Gasteiger partial charge < -0.3 is 20.5 Å². The molecule has 0 saturated carbocycles. The van der Waals surface area contributed by atoms with E-state index in [-0.39, 0.29) is 18.3 Å². The van der Waals surface area contributed by atoms with Gasteiger partial charge in [0.2, 0.25) is 0 Å². The smallest absolute Gasteiger partial charge is 0.321 e. The topological polar surface area (TPSA) is 101 Å². The van der Waals surface area contributed by atoms with E-state index in [4.69, 9.17) is 4.74 Å². The normalized spacial score (nSPS) is 11.2. The third kappa shape index (κ3) is 8.17. The van der Waals surface area contributed by atoms with Gasteiger partial charge in [0.15, 0.2) is 0 Å². The number of carboxylic acids is 1. The quantitative estimate of drug-likeness (QED) is 0.337. The number of amides is 1. The van der Waals surface area contributed by atoms with Crippen LogP contribution in [-0.4, -0.2) is 47.7 Å². The van der Waals surface area contributed by atoms with Gasteiger partial charge in [0, 0.05) is 17.3 Å². The average Bonchev–Trinajstić information content (AvgIpc) is 2.85. The highest BCUT2D eigenvalue weighted by molar-refractivity contribution is 5.94. The van der Waals surface area contributed by atoms with E-state index >= 15 is 0 Å². The molecule has 1 aromatic heterocycles. The van der Waals surface area contributed by atoms with Gasteiger partial charge in [-0.2, -0.15) is 0 Å². The van der Waals surface area contributed by atoms with Crippen LogP contribution in [0.5, 0.6) is 5.75 Å². The molecule has 0 fully saturated rings. The van der Waals surface area contributed by atoms with Crippen molar-refractivity contribution in [2.75, 3.05) is 19.7 Å². The number of halogens is 1. The maximum Gasteiger partial charge on any atom is 0.321 e. The number of nitrogens with zero attached hydrogens (tertiary/aromatic N) is 1. The monoisotopic (exact) mass is 483 g/mol. The second-order valence-corrected chi connectivity index (χ2v) is 7.59. The first-order valence-corrected chi connectivity index (χ1v) is 11.0. The zero-order chi connectivity index (χ0) is 23.5. The number of aromatic nitrogens is 1. The molecule has 1 heterocycles. The first kappa shape index (κ1) is 26.8. The third-order valence-electron chi connectivity index (χ3n) is 5.07. The highest BCUT2D eigenvalue weighted by Gasteiger charge is 2.16. The molecule has 3 N–H and O–H groups in total. The minimum atomic E-state index is -0.856. The maximum absolute atomic E-state index is 12.3. The number of hydrogen-bond acceptors (Lipinski definition) is 5. The van der Waals surface area contributed by atoms with Gasteiger partial charge in [-0.05, 0) is 61.3 Å². The van der Waals surface area contributed by atoms with Gasteiger partial charge in [-0.15, -0.1) is 12.4 Å². The molecular formula is C26H30ClN3O4. The van der Waals surface area contributed by atoms with Crippen molar-refractivity contribution < 1.29 is 19.4 Å². The van der Waals surface area contributed by atoms with Gasteiger partial charge in [-0.1, -0.05) is 37.3 Å². The molecule has 1 unspecified atom stereocenters. The standard InChI is InChI=1S/C26H29N3O4.ClH/c1-2-14-27-24(26(31)32)18-19-6-12-22(13-7-19)33-17-16-29-25(30)21-10-8-20(9-11-21)23-5-3-4-15-28-23;/h3-13,15,24,27H,2,14,16-18H2,1H3,(H,29,30)(H,31,32);1H. The summed E-state index contributed by atoms with van der Waals surface area (Å²) in [4.78, 5) is 28.0. The molecule has 1 amide bonds. The van der Waals surface area contributed by atoms with Crippen molar-refractivity contribution in [3.05, 3.63) is 84.1 Å². The van der Waals surface area contributed by atoms with Gasteiger partial charge in [-0.25, -0.2) is 0 Å². The van der Waals surface area contributed by atoms with Gasteiger partial charge in [0.1, 0.15) is 18.4 Å². The van der Waals surface area contributed by atoms with Crippen molar-refractivity contribution in [1.29, 1.82) is 0 Å². The summed E-state index contributed by atoms with van der Waals surface area (Å²) in [5, 5.41) is 15.2. The SMILES string of the molecule is CCCNC(Cc1ccc(OCCNC(=O)c2ccc(-c3ccccn3)cc2)cc1)C(=O)O.Cl. The maximum atomic E-state index is 12.3. The Bertz CT molecular complexity index is 1030. The molecular weight excluding hydrogens is 454 g/mol. The number of carbonyl (C=O) groups is 2. The summed E-state index contributed by atoms with van der Waals surface area (Å²) < 4.78 is 5.69.